The zero-order valence-corrected chi connectivity index (χ0v) is 12.6. The molecule has 2 rings (SSSR count). The molecule has 0 radical (unpaired) electrons. The molecule has 0 saturated heterocycles. The van der Waals surface area contributed by atoms with Gasteiger partial charge in [-0.3, -0.25) is 4.72 Å². The number of anilines is 2. The van der Waals surface area contributed by atoms with Crippen LogP contribution in [0.15, 0.2) is 39.7 Å². The summed E-state index contributed by atoms with van der Waals surface area (Å²) in [7, 11) is -4.53. The fraction of sp³-hybridized carbons (Fsp3) is 0. The SMILES string of the molecule is Nc1cc(F)c(S(=O)(=O)Nc2ccc(F)cc2Br)c(F)c1. The minimum atomic E-state index is -4.53. The molecular formula is C12H8BrF3N2O2S. The summed E-state index contributed by atoms with van der Waals surface area (Å²) in [5.74, 6) is -3.24. The van der Waals surface area contributed by atoms with Crippen molar-refractivity contribution in [3.63, 3.8) is 0 Å². The number of halogens is 4. The highest BCUT2D eigenvalue weighted by Crippen LogP contribution is 2.28. The van der Waals surface area contributed by atoms with Crippen molar-refractivity contribution in [3.8, 4) is 0 Å². The lowest BCUT2D eigenvalue weighted by atomic mass is 10.3. The molecule has 0 unspecified atom stereocenters. The Morgan fingerprint density at radius 2 is 1.62 bits per heavy atom. The lowest BCUT2D eigenvalue weighted by Gasteiger charge is -2.11. The van der Waals surface area contributed by atoms with E-state index in [0.717, 1.165) is 18.2 Å². The fourth-order valence-corrected chi connectivity index (χ4v) is 3.39. The van der Waals surface area contributed by atoms with Crippen LogP contribution in [0.4, 0.5) is 24.5 Å². The van der Waals surface area contributed by atoms with Crippen LogP contribution < -0.4 is 10.5 Å². The van der Waals surface area contributed by atoms with Gasteiger partial charge in [-0.2, -0.15) is 0 Å². The van der Waals surface area contributed by atoms with Gasteiger partial charge in [0.15, 0.2) is 4.90 Å². The van der Waals surface area contributed by atoms with Crippen LogP contribution in [0.1, 0.15) is 0 Å². The van der Waals surface area contributed by atoms with Crippen LogP contribution in [0.25, 0.3) is 0 Å². The van der Waals surface area contributed by atoms with Crippen molar-refractivity contribution in [3.05, 3.63) is 52.3 Å². The Kier molecular flexibility index (Phi) is 4.15. The molecule has 2 aromatic carbocycles. The smallest absolute Gasteiger partial charge is 0.267 e. The Hall–Kier alpha value is -1.74. The summed E-state index contributed by atoms with van der Waals surface area (Å²) < 4.78 is 66.4. The van der Waals surface area contributed by atoms with E-state index in [9.17, 15) is 21.6 Å². The van der Waals surface area contributed by atoms with Crippen LogP contribution in [0.2, 0.25) is 0 Å². The Bertz CT molecular complexity index is 789. The molecule has 4 nitrogen and oxygen atoms in total. The lowest BCUT2D eigenvalue weighted by Crippen LogP contribution is -2.17. The highest BCUT2D eigenvalue weighted by Gasteiger charge is 2.25. The van der Waals surface area contributed by atoms with Gasteiger partial charge in [-0.15, -0.1) is 0 Å². The summed E-state index contributed by atoms with van der Waals surface area (Å²) in [6.07, 6.45) is 0. The molecule has 0 saturated carbocycles. The van der Waals surface area contributed by atoms with E-state index in [-0.39, 0.29) is 15.8 Å². The topological polar surface area (TPSA) is 72.2 Å². The van der Waals surface area contributed by atoms with E-state index >= 15 is 0 Å². The molecule has 0 aliphatic carbocycles. The molecule has 3 N–H and O–H groups in total. The van der Waals surface area contributed by atoms with E-state index in [1.165, 1.54) is 0 Å². The molecule has 112 valence electrons. The van der Waals surface area contributed by atoms with Gasteiger partial charge in [-0.1, -0.05) is 0 Å². The molecule has 0 fully saturated rings. The molecule has 21 heavy (non-hydrogen) atoms. The summed E-state index contributed by atoms with van der Waals surface area (Å²) in [6.45, 7) is 0. The van der Waals surface area contributed by atoms with Crippen LogP contribution in [0.3, 0.4) is 0 Å². The van der Waals surface area contributed by atoms with Gasteiger partial charge >= 0.3 is 0 Å². The third kappa shape index (κ3) is 3.30. The minimum Gasteiger partial charge on any atom is -0.399 e. The molecule has 0 atom stereocenters. The fourth-order valence-electron chi connectivity index (χ4n) is 1.60. The molecule has 0 spiro atoms. The molecule has 0 heterocycles. The van der Waals surface area contributed by atoms with Gasteiger partial charge in [0, 0.05) is 10.2 Å². The Morgan fingerprint density at radius 1 is 1.05 bits per heavy atom. The second-order valence-corrected chi connectivity index (χ2v) is 6.52. The highest BCUT2D eigenvalue weighted by molar-refractivity contribution is 9.10. The third-order valence-corrected chi connectivity index (χ3v) is 4.54. The van der Waals surface area contributed by atoms with Gasteiger partial charge in [0.1, 0.15) is 17.5 Å². The van der Waals surface area contributed by atoms with Crippen LogP contribution in [-0.4, -0.2) is 8.42 Å². The molecule has 0 aliphatic heterocycles. The van der Waals surface area contributed by atoms with E-state index in [0.29, 0.717) is 12.1 Å². The number of nitrogen functional groups attached to an aromatic ring is 1. The summed E-state index contributed by atoms with van der Waals surface area (Å²) in [5, 5.41) is 0. The summed E-state index contributed by atoms with van der Waals surface area (Å²) in [6, 6.07) is 4.50. The number of nitrogens with two attached hydrogens (primary N) is 1. The van der Waals surface area contributed by atoms with E-state index < -0.39 is 32.4 Å². The summed E-state index contributed by atoms with van der Waals surface area (Å²) in [5.41, 5.74) is 4.91. The first-order chi connectivity index (χ1) is 9.70. The van der Waals surface area contributed by atoms with E-state index in [1.807, 2.05) is 4.72 Å². The number of rotatable bonds is 3. The van der Waals surface area contributed by atoms with Gasteiger partial charge in [0.25, 0.3) is 10.0 Å². The number of hydrogen-bond acceptors (Lipinski definition) is 3. The maximum atomic E-state index is 13.7. The van der Waals surface area contributed by atoms with Crippen LogP contribution in [-0.2, 0) is 10.0 Å². The first-order valence-electron chi connectivity index (χ1n) is 5.43. The monoisotopic (exact) mass is 380 g/mol. The van der Waals surface area contributed by atoms with Gasteiger partial charge < -0.3 is 5.73 Å². The van der Waals surface area contributed by atoms with Gasteiger partial charge in [-0.25, -0.2) is 21.6 Å². The summed E-state index contributed by atoms with van der Waals surface area (Å²) >= 11 is 2.95. The maximum absolute atomic E-state index is 13.7. The number of sulfonamides is 1. The van der Waals surface area contributed by atoms with E-state index in [4.69, 9.17) is 5.73 Å². The minimum absolute atomic E-state index is 0.0629. The van der Waals surface area contributed by atoms with Gasteiger partial charge in [-0.05, 0) is 46.3 Å². The van der Waals surface area contributed by atoms with Gasteiger partial charge in [0.2, 0.25) is 0 Å². The van der Waals surface area contributed by atoms with Crippen LogP contribution in [0, 0.1) is 17.5 Å². The second kappa shape index (κ2) is 5.57. The standard InChI is InChI=1S/C12H8BrF3N2O2S/c13-8-3-6(14)1-2-11(8)18-21(19,20)12-9(15)4-7(17)5-10(12)16/h1-5,18H,17H2. The van der Waals surface area contributed by atoms with Crippen molar-refractivity contribution in [2.75, 3.05) is 10.5 Å². The zero-order chi connectivity index (χ0) is 15.8. The largest absolute Gasteiger partial charge is 0.399 e. The van der Waals surface area contributed by atoms with E-state index in [1.54, 1.807) is 0 Å². The Labute approximate surface area is 127 Å². The number of hydrogen-bond donors (Lipinski definition) is 2. The predicted octanol–water partition coefficient (Wildman–Crippen LogP) is 3.25. The Morgan fingerprint density at radius 3 is 2.14 bits per heavy atom. The molecule has 0 aromatic heterocycles. The predicted molar refractivity (Wildman–Crippen MR) is 75.7 cm³/mol. The van der Waals surface area contributed by atoms with Crippen molar-refractivity contribution in [2.45, 2.75) is 4.90 Å². The molecule has 0 aliphatic rings. The zero-order valence-electron chi connectivity index (χ0n) is 10.2. The molecule has 0 amide bonds. The first kappa shape index (κ1) is 15.6. The number of benzene rings is 2. The van der Waals surface area contributed by atoms with Crippen molar-refractivity contribution in [2.24, 2.45) is 0 Å². The molecular weight excluding hydrogens is 373 g/mol. The van der Waals surface area contributed by atoms with Crippen molar-refractivity contribution < 1.29 is 21.6 Å². The highest BCUT2D eigenvalue weighted by atomic mass is 79.9. The normalized spacial score (nSPS) is 11.4. The van der Waals surface area contributed by atoms with Gasteiger partial charge in [0.05, 0.1) is 5.69 Å². The second-order valence-electron chi connectivity index (χ2n) is 4.04. The van der Waals surface area contributed by atoms with Crippen LogP contribution in [0.5, 0.6) is 0 Å². The van der Waals surface area contributed by atoms with E-state index in [2.05, 4.69) is 15.9 Å². The van der Waals surface area contributed by atoms with Crippen LogP contribution >= 0.6 is 15.9 Å². The first-order valence-corrected chi connectivity index (χ1v) is 7.71. The summed E-state index contributed by atoms with van der Waals surface area (Å²) in [4.78, 5) is -1.16. The quantitative estimate of drug-likeness (QED) is 0.802. The maximum Gasteiger partial charge on any atom is 0.267 e. The Balaban J connectivity index is 2.48. The third-order valence-electron chi connectivity index (χ3n) is 2.46. The average molecular weight is 381 g/mol. The van der Waals surface area contributed by atoms with Crippen molar-refractivity contribution >= 4 is 37.3 Å². The molecule has 0 bridgehead atoms. The number of nitrogens with one attached hydrogen (secondary N) is 1. The van der Waals surface area contributed by atoms with Crippen molar-refractivity contribution in [1.29, 1.82) is 0 Å². The molecule has 9 heteroatoms. The average Bonchev–Trinajstić information content (AvgIpc) is 2.30. The molecule has 2 aromatic rings. The lowest BCUT2D eigenvalue weighted by molar-refractivity contribution is 0.522. The van der Waals surface area contributed by atoms with Crippen molar-refractivity contribution in [1.82, 2.24) is 0 Å².